The van der Waals surface area contributed by atoms with Crippen LogP contribution in [0.1, 0.15) is 13.3 Å². The van der Waals surface area contributed by atoms with Crippen LogP contribution in [0.15, 0.2) is 54.7 Å². The van der Waals surface area contributed by atoms with Gasteiger partial charge in [-0.3, -0.25) is 9.78 Å². The standard InChI is InChI=1S/C20H19FN2O3/c1-3-16(26-17-9-5-4-8-14(17)21)20(24)23-15-10-11-18(25-2)19-13(15)7-6-12-22-19/h4-12,16H,3H2,1-2H3,(H,23,24)/t16-/m0/s1. The van der Waals surface area contributed by atoms with Crippen LogP contribution in [-0.2, 0) is 4.79 Å². The zero-order valence-corrected chi connectivity index (χ0v) is 14.5. The molecule has 1 amide bonds. The minimum atomic E-state index is -0.819. The number of rotatable bonds is 6. The van der Waals surface area contributed by atoms with E-state index in [9.17, 15) is 9.18 Å². The number of benzene rings is 2. The lowest BCUT2D eigenvalue weighted by Crippen LogP contribution is -2.32. The number of carbonyl (C=O) groups is 1. The molecule has 134 valence electrons. The van der Waals surface area contributed by atoms with Gasteiger partial charge in [-0.05, 0) is 42.8 Å². The summed E-state index contributed by atoms with van der Waals surface area (Å²) in [5.41, 5.74) is 1.24. The Labute approximate surface area is 150 Å². The van der Waals surface area contributed by atoms with Gasteiger partial charge in [0.2, 0.25) is 0 Å². The van der Waals surface area contributed by atoms with Crippen LogP contribution in [0.2, 0.25) is 0 Å². The fourth-order valence-corrected chi connectivity index (χ4v) is 2.65. The van der Waals surface area contributed by atoms with Crippen LogP contribution in [-0.4, -0.2) is 24.1 Å². The van der Waals surface area contributed by atoms with Gasteiger partial charge in [-0.15, -0.1) is 0 Å². The highest BCUT2D eigenvalue weighted by molar-refractivity contribution is 6.04. The zero-order valence-electron chi connectivity index (χ0n) is 14.5. The molecule has 1 aromatic heterocycles. The number of anilines is 1. The molecular weight excluding hydrogens is 335 g/mol. The predicted octanol–water partition coefficient (Wildman–Crippen LogP) is 4.18. The summed E-state index contributed by atoms with van der Waals surface area (Å²) < 4.78 is 24.7. The first-order valence-corrected chi connectivity index (χ1v) is 8.27. The van der Waals surface area contributed by atoms with Gasteiger partial charge in [-0.25, -0.2) is 4.39 Å². The molecule has 0 spiro atoms. The molecule has 3 rings (SSSR count). The number of carbonyl (C=O) groups excluding carboxylic acids is 1. The quantitative estimate of drug-likeness (QED) is 0.721. The molecule has 1 heterocycles. The molecule has 0 fully saturated rings. The number of halogens is 1. The molecule has 1 N–H and O–H groups in total. The third kappa shape index (κ3) is 3.59. The number of fused-ring (bicyclic) bond motifs is 1. The molecule has 3 aromatic rings. The number of pyridine rings is 1. The number of amides is 1. The van der Waals surface area contributed by atoms with Crippen molar-refractivity contribution in [1.29, 1.82) is 0 Å². The molecule has 0 aliphatic rings. The van der Waals surface area contributed by atoms with Crippen molar-refractivity contribution in [3.63, 3.8) is 0 Å². The smallest absolute Gasteiger partial charge is 0.265 e. The number of nitrogens with zero attached hydrogens (tertiary/aromatic N) is 1. The number of aromatic nitrogens is 1. The van der Waals surface area contributed by atoms with Crippen LogP contribution in [0.4, 0.5) is 10.1 Å². The SMILES string of the molecule is CC[C@H](Oc1ccccc1F)C(=O)Nc1ccc(OC)c2ncccc12. The van der Waals surface area contributed by atoms with E-state index in [-0.39, 0.29) is 11.7 Å². The normalized spacial score (nSPS) is 11.8. The van der Waals surface area contributed by atoms with Crippen molar-refractivity contribution in [2.45, 2.75) is 19.4 Å². The minimum absolute atomic E-state index is 0.0516. The molecule has 6 heteroatoms. The van der Waals surface area contributed by atoms with Gasteiger partial charge >= 0.3 is 0 Å². The summed E-state index contributed by atoms with van der Waals surface area (Å²) in [7, 11) is 1.57. The van der Waals surface area contributed by atoms with Crippen molar-refractivity contribution in [1.82, 2.24) is 4.98 Å². The van der Waals surface area contributed by atoms with Crippen LogP contribution >= 0.6 is 0 Å². The molecule has 0 saturated carbocycles. The van der Waals surface area contributed by atoms with Gasteiger partial charge in [0.15, 0.2) is 17.7 Å². The average molecular weight is 354 g/mol. The Kier molecular flexibility index (Phi) is 5.31. The average Bonchev–Trinajstić information content (AvgIpc) is 2.67. The maximum Gasteiger partial charge on any atom is 0.265 e. The number of hydrogen-bond donors (Lipinski definition) is 1. The van der Waals surface area contributed by atoms with Crippen LogP contribution in [0, 0.1) is 5.82 Å². The Morgan fingerprint density at radius 3 is 2.69 bits per heavy atom. The summed E-state index contributed by atoms with van der Waals surface area (Å²) in [6, 6.07) is 13.1. The summed E-state index contributed by atoms with van der Waals surface area (Å²) in [6.45, 7) is 1.80. The number of hydrogen-bond acceptors (Lipinski definition) is 4. The van der Waals surface area contributed by atoms with E-state index in [1.807, 2.05) is 6.07 Å². The van der Waals surface area contributed by atoms with Gasteiger partial charge in [0, 0.05) is 11.6 Å². The molecule has 0 bridgehead atoms. The maximum absolute atomic E-state index is 13.8. The van der Waals surface area contributed by atoms with Crippen LogP contribution in [0.25, 0.3) is 10.9 Å². The van der Waals surface area contributed by atoms with Gasteiger partial charge in [0.05, 0.1) is 12.8 Å². The highest BCUT2D eigenvalue weighted by Gasteiger charge is 2.21. The summed E-state index contributed by atoms with van der Waals surface area (Å²) in [5.74, 6) is -0.187. The van der Waals surface area contributed by atoms with Gasteiger partial charge in [0.1, 0.15) is 11.3 Å². The molecule has 2 aromatic carbocycles. The second-order valence-corrected chi connectivity index (χ2v) is 5.65. The topological polar surface area (TPSA) is 60.5 Å². The number of nitrogens with one attached hydrogen (secondary N) is 1. The monoisotopic (exact) mass is 354 g/mol. The minimum Gasteiger partial charge on any atom is -0.494 e. The lowest BCUT2D eigenvalue weighted by atomic mass is 10.1. The third-order valence-electron chi connectivity index (χ3n) is 3.98. The first-order valence-electron chi connectivity index (χ1n) is 8.27. The Morgan fingerprint density at radius 1 is 1.15 bits per heavy atom. The molecule has 26 heavy (non-hydrogen) atoms. The first kappa shape index (κ1) is 17.7. The van der Waals surface area contributed by atoms with E-state index in [1.54, 1.807) is 50.6 Å². The van der Waals surface area contributed by atoms with E-state index in [2.05, 4.69) is 10.3 Å². The fraction of sp³-hybridized carbons (Fsp3) is 0.200. The van der Waals surface area contributed by atoms with E-state index in [0.29, 0.717) is 23.4 Å². The molecule has 1 atom stereocenters. The van der Waals surface area contributed by atoms with Crippen molar-refractivity contribution in [3.05, 3.63) is 60.5 Å². The van der Waals surface area contributed by atoms with Gasteiger partial charge < -0.3 is 14.8 Å². The highest BCUT2D eigenvalue weighted by atomic mass is 19.1. The highest BCUT2D eigenvalue weighted by Crippen LogP contribution is 2.30. The van der Waals surface area contributed by atoms with Crippen molar-refractivity contribution < 1.29 is 18.7 Å². The molecule has 0 aliphatic carbocycles. The van der Waals surface area contributed by atoms with E-state index in [1.165, 1.54) is 12.1 Å². The molecule has 0 saturated heterocycles. The van der Waals surface area contributed by atoms with Gasteiger partial charge in [0.25, 0.3) is 5.91 Å². The largest absolute Gasteiger partial charge is 0.494 e. The van der Waals surface area contributed by atoms with Crippen molar-refractivity contribution >= 4 is 22.5 Å². The van der Waals surface area contributed by atoms with Gasteiger partial charge in [-0.2, -0.15) is 0 Å². The van der Waals surface area contributed by atoms with Crippen molar-refractivity contribution in [2.75, 3.05) is 12.4 Å². The fourth-order valence-electron chi connectivity index (χ4n) is 2.65. The lowest BCUT2D eigenvalue weighted by molar-refractivity contribution is -0.122. The van der Waals surface area contributed by atoms with Crippen LogP contribution in [0.3, 0.4) is 0 Å². The van der Waals surface area contributed by atoms with E-state index < -0.39 is 11.9 Å². The molecular formula is C20H19FN2O3. The first-order chi connectivity index (χ1) is 12.6. The summed E-state index contributed by atoms with van der Waals surface area (Å²) in [4.78, 5) is 17.0. The Bertz CT molecular complexity index is 930. The maximum atomic E-state index is 13.8. The van der Waals surface area contributed by atoms with Crippen molar-refractivity contribution in [2.24, 2.45) is 0 Å². The molecule has 0 radical (unpaired) electrons. The Morgan fingerprint density at radius 2 is 1.96 bits per heavy atom. The number of methoxy groups -OCH3 is 1. The van der Waals surface area contributed by atoms with E-state index in [0.717, 1.165) is 5.39 Å². The summed E-state index contributed by atoms with van der Waals surface area (Å²) in [6.07, 6.45) is 1.24. The Hall–Kier alpha value is -3.15. The van der Waals surface area contributed by atoms with E-state index >= 15 is 0 Å². The lowest BCUT2D eigenvalue weighted by Gasteiger charge is -2.18. The van der Waals surface area contributed by atoms with Gasteiger partial charge in [-0.1, -0.05) is 19.1 Å². The number of ether oxygens (including phenoxy) is 2. The Balaban J connectivity index is 1.85. The van der Waals surface area contributed by atoms with Crippen LogP contribution < -0.4 is 14.8 Å². The molecule has 0 aliphatic heterocycles. The zero-order chi connectivity index (χ0) is 18.5. The second kappa shape index (κ2) is 7.82. The van der Waals surface area contributed by atoms with Crippen LogP contribution in [0.5, 0.6) is 11.5 Å². The summed E-state index contributed by atoms with van der Waals surface area (Å²) in [5, 5.41) is 3.60. The second-order valence-electron chi connectivity index (χ2n) is 5.65. The number of para-hydroxylation sites is 1. The third-order valence-corrected chi connectivity index (χ3v) is 3.98. The van der Waals surface area contributed by atoms with Crippen molar-refractivity contribution in [3.8, 4) is 11.5 Å². The molecule has 5 nitrogen and oxygen atoms in total. The van der Waals surface area contributed by atoms with E-state index in [4.69, 9.17) is 9.47 Å². The predicted molar refractivity (Wildman–Crippen MR) is 98.0 cm³/mol. The summed E-state index contributed by atoms with van der Waals surface area (Å²) >= 11 is 0. The molecule has 0 unspecified atom stereocenters.